The number of carbonyl (C=O) groups excluding carboxylic acids is 1. The molecule has 1 amide bonds. The van der Waals surface area contributed by atoms with E-state index >= 15 is 0 Å². The van der Waals surface area contributed by atoms with E-state index in [1.807, 2.05) is 6.92 Å². The molecule has 1 unspecified atom stereocenters. The van der Waals surface area contributed by atoms with Crippen LogP contribution in [-0.4, -0.2) is 37.0 Å². The molecule has 0 aromatic carbocycles. The molecule has 1 atom stereocenters. The second-order valence-electron chi connectivity index (χ2n) is 5.29. The molecular weight excluding hydrogens is 188 g/mol. The van der Waals surface area contributed by atoms with Crippen molar-refractivity contribution in [3.63, 3.8) is 0 Å². The third kappa shape index (κ3) is 3.20. The first kappa shape index (κ1) is 12.5. The van der Waals surface area contributed by atoms with E-state index in [1.54, 1.807) is 19.0 Å². The highest BCUT2D eigenvalue weighted by molar-refractivity contribution is 5.80. The largest absolute Gasteiger partial charge is 0.347 e. The van der Waals surface area contributed by atoms with Crippen LogP contribution >= 0.6 is 0 Å². The molecule has 0 aliphatic heterocycles. The van der Waals surface area contributed by atoms with Crippen LogP contribution in [-0.2, 0) is 4.79 Å². The average Bonchev–Trinajstić information content (AvgIpc) is 2.07. The molecule has 88 valence electrons. The topological polar surface area (TPSA) is 32.3 Å². The van der Waals surface area contributed by atoms with Crippen molar-refractivity contribution in [2.24, 2.45) is 11.8 Å². The minimum Gasteiger partial charge on any atom is -0.347 e. The van der Waals surface area contributed by atoms with Crippen molar-refractivity contribution in [3.8, 4) is 0 Å². The maximum atomic E-state index is 11.6. The monoisotopic (exact) mass is 212 g/mol. The third-order valence-corrected chi connectivity index (χ3v) is 3.41. The summed E-state index contributed by atoms with van der Waals surface area (Å²) < 4.78 is 0. The van der Waals surface area contributed by atoms with Gasteiger partial charge in [-0.2, -0.15) is 0 Å². The Hall–Kier alpha value is -0.570. The van der Waals surface area contributed by atoms with Crippen LogP contribution in [0.25, 0.3) is 0 Å². The average molecular weight is 212 g/mol. The Kier molecular flexibility index (Phi) is 4.14. The molecule has 15 heavy (non-hydrogen) atoms. The molecule has 0 saturated heterocycles. The van der Waals surface area contributed by atoms with Gasteiger partial charge in [0.05, 0.1) is 6.04 Å². The second kappa shape index (κ2) is 4.97. The lowest BCUT2D eigenvalue weighted by atomic mass is 9.73. The SMILES string of the molecule is CC(NC1CC(C(C)C)C1)C(=O)N(C)C. The smallest absolute Gasteiger partial charge is 0.238 e. The fourth-order valence-electron chi connectivity index (χ4n) is 2.15. The molecule has 1 saturated carbocycles. The Labute approximate surface area is 93.2 Å². The molecule has 1 N–H and O–H groups in total. The Morgan fingerprint density at radius 3 is 2.20 bits per heavy atom. The summed E-state index contributed by atoms with van der Waals surface area (Å²) in [4.78, 5) is 13.2. The summed E-state index contributed by atoms with van der Waals surface area (Å²) in [6, 6.07) is 0.509. The normalized spacial score (nSPS) is 27.3. The maximum Gasteiger partial charge on any atom is 0.238 e. The number of nitrogens with zero attached hydrogens (tertiary/aromatic N) is 1. The number of amides is 1. The van der Waals surface area contributed by atoms with E-state index < -0.39 is 0 Å². The van der Waals surface area contributed by atoms with Gasteiger partial charge in [0, 0.05) is 20.1 Å². The van der Waals surface area contributed by atoms with E-state index in [0.29, 0.717) is 6.04 Å². The predicted octanol–water partition coefficient (Wildman–Crippen LogP) is 1.49. The molecule has 0 aromatic rings. The molecular formula is C12H24N2O. The van der Waals surface area contributed by atoms with Crippen molar-refractivity contribution < 1.29 is 4.79 Å². The zero-order chi connectivity index (χ0) is 11.6. The number of likely N-dealkylation sites (N-methyl/N-ethyl adjacent to an activating group) is 1. The molecule has 0 bridgehead atoms. The molecule has 3 nitrogen and oxygen atoms in total. The van der Waals surface area contributed by atoms with Gasteiger partial charge >= 0.3 is 0 Å². The highest BCUT2D eigenvalue weighted by Crippen LogP contribution is 2.33. The third-order valence-electron chi connectivity index (χ3n) is 3.41. The van der Waals surface area contributed by atoms with Crippen molar-refractivity contribution in [2.45, 2.75) is 45.7 Å². The van der Waals surface area contributed by atoms with Crippen LogP contribution in [0.5, 0.6) is 0 Å². The van der Waals surface area contributed by atoms with Gasteiger partial charge < -0.3 is 10.2 Å². The predicted molar refractivity (Wildman–Crippen MR) is 62.6 cm³/mol. The summed E-state index contributed by atoms with van der Waals surface area (Å²) >= 11 is 0. The summed E-state index contributed by atoms with van der Waals surface area (Å²) in [5.41, 5.74) is 0. The molecule has 1 aliphatic rings. The second-order valence-corrected chi connectivity index (χ2v) is 5.29. The van der Waals surface area contributed by atoms with E-state index in [1.165, 1.54) is 12.8 Å². The lowest BCUT2D eigenvalue weighted by molar-refractivity contribution is -0.131. The zero-order valence-corrected chi connectivity index (χ0v) is 10.6. The summed E-state index contributed by atoms with van der Waals surface area (Å²) in [7, 11) is 3.61. The van der Waals surface area contributed by atoms with Gasteiger partial charge in [0.15, 0.2) is 0 Å². The van der Waals surface area contributed by atoms with E-state index in [4.69, 9.17) is 0 Å². The fraction of sp³-hybridized carbons (Fsp3) is 0.917. The minimum absolute atomic E-state index is 0.0434. The van der Waals surface area contributed by atoms with Crippen LogP contribution in [0.1, 0.15) is 33.6 Å². The van der Waals surface area contributed by atoms with Crippen molar-refractivity contribution in [1.29, 1.82) is 0 Å². The van der Waals surface area contributed by atoms with Crippen LogP contribution in [0.2, 0.25) is 0 Å². The lowest BCUT2D eigenvalue weighted by Crippen LogP contribution is -2.51. The molecule has 1 fully saturated rings. The van der Waals surface area contributed by atoms with Gasteiger partial charge in [-0.15, -0.1) is 0 Å². The van der Waals surface area contributed by atoms with E-state index in [9.17, 15) is 4.79 Å². The van der Waals surface area contributed by atoms with Crippen LogP contribution in [0.15, 0.2) is 0 Å². The molecule has 1 aliphatic carbocycles. The molecule has 1 rings (SSSR count). The Morgan fingerprint density at radius 2 is 1.80 bits per heavy atom. The first-order chi connectivity index (χ1) is 6.91. The zero-order valence-electron chi connectivity index (χ0n) is 10.6. The van der Waals surface area contributed by atoms with Crippen molar-refractivity contribution in [2.75, 3.05) is 14.1 Å². The molecule has 0 spiro atoms. The van der Waals surface area contributed by atoms with Crippen LogP contribution in [0, 0.1) is 11.8 Å². The minimum atomic E-state index is -0.0434. The highest BCUT2D eigenvalue weighted by atomic mass is 16.2. The highest BCUT2D eigenvalue weighted by Gasteiger charge is 2.32. The van der Waals surface area contributed by atoms with Crippen molar-refractivity contribution >= 4 is 5.91 Å². The Morgan fingerprint density at radius 1 is 1.27 bits per heavy atom. The van der Waals surface area contributed by atoms with Gasteiger partial charge in [0.1, 0.15) is 0 Å². The van der Waals surface area contributed by atoms with Gasteiger partial charge in [-0.05, 0) is 31.6 Å². The Balaban J connectivity index is 2.24. The van der Waals surface area contributed by atoms with E-state index in [0.717, 1.165) is 11.8 Å². The van der Waals surface area contributed by atoms with Gasteiger partial charge in [-0.3, -0.25) is 4.79 Å². The molecule has 0 radical (unpaired) electrons. The standard InChI is InChI=1S/C12H24N2O/c1-8(2)10-6-11(7-10)13-9(3)12(15)14(4)5/h8-11,13H,6-7H2,1-5H3. The number of carbonyl (C=O) groups is 1. The van der Waals surface area contributed by atoms with Crippen LogP contribution in [0.4, 0.5) is 0 Å². The van der Waals surface area contributed by atoms with Crippen LogP contribution < -0.4 is 5.32 Å². The number of rotatable bonds is 4. The fourth-order valence-corrected chi connectivity index (χ4v) is 2.15. The maximum absolute atomic E-state index is 11.6. The summed E-state index contributed by atoms with van der Waals surface area (Å²) in [5.74, 6) is 1.80. The van der Waals surface area contributed by atoms with Gasteiger partial charge in [-0.1, -0.05) is 13.8 Å². The molecule has 3 heteroatoms. The molecule has 0 heterocycles. The van der Waals surface area contributed by atoms with E-state index in [2.05, 4.69) is 19.2 Å². The lowest BCUT2D eigenvalue weighted by Gasteiger charge is -2.40. The summed E-state index contributed by atoms with van der Waals surface area (Å²) in [5, 5.41) is 3.39. The van der Waals surface area contributed by atoms with Crippen molar-refractivity contribution in [1.82, 2.24) is 10.2 Å². The van der Waals surface area contributed by atoms with Crippen LogP contribution in [0.3, 0.4) is 0 Å². The number of hydrogen-bond donors (Lipinski definition) is 1. The number of nitrogens with one attached hydrogen (secondary N) is 1. The van der Waals surface area contributed by atoms with Gasteiger partial charge in [0.2, 0.25) is 5.91 Å². The van der Waals surface area contributed by atoms with Gasteiger partial charge in [0.25, 0.3) is 0 Å². The first-order valence-corrected chi connectivity index (χ1v) is 5.89. The number of hydrogen-bond acceptors (Lipinski definition) is 2. The quantitative estimate of drug-likeness (QED) is 0.765. The van der Waals surface area contributed by atoms with Crippen molar-refractivity contribution in [3.05, 3.63) is 0 Å². The molecule has 0 aromatic heterocycles. The summed E-state index contributed by atoms with van der Waals surface area (Å²) in [6.07, 6.45) is 2.45. The van der Waals surface area contributed by atoms with Gasteiger partial charge in [-0.25, -0.2) is 0 Å². The Bertz CT molecular complexity index is 220. The van der Waals surface area contributed by atoms with E-state index in [-0.39, 0.29) is 11.9 Å². The summed E-state index contributed by atoms with van der Waals surface area (Å²) in [6.45, 7) is 6.50. The first-order valence-electron chi connectivity index (χ1n) is 5.89.